The number of carbonyl (C=O) groups excluding carboxylic acids is 3. The topological polar surface area (TPSA) is 130 Å². The summed E-state index contributed by atoms with van der Waals surface area (Å²) < 4.78 is 5.05. The molecule has 1 aromatic carbocycles. The summed E-state index contributed by atoms with van der Waals surface area (Å²) in [6, 6.07) is 7.93. The smallest absolute Gasteiger partial charge is 0.350 e. The van der Waals surface area contributed by atoms with Crippen LogP contribution in [0.1, 0.15) is 39.5 Å². The molecule has 3 heterocycles. The number of anilines is 1. The number of rotatable bonds is 5. The summed E-state index contributed by atoms with van der Waals surface area (Å²) in [4.78, 5) is 48.1. The molecule has 0 bridgehead atoms. The summed E-state index contributed by atoms with van der Waals surface area (Å²) in [5, 5.41) is 20.8. The Balaban J connectivity index is 1.90. The lowest BCUT2D eigenvalue weighted by atomic mass is 9.95. The van der Waals surface area contributed by atoms with E-state index in [-0.39, 0.29) is 33.7 Å². The zero-order valence-corrected chi connectivity index (χ0v) is 18.5. The molecule has 2 N–H and O–H groups in total. The van der Waals surface area contributed by atoms with Gasteiger partial charge in [0.05, 0.1) is 23.9 Å². The van der Waals surface area contributed by atoms with Crippen molar-refractivity contribution in [2.24, 2.45) is 0 Å². The van der Waals surface area contributed by atoms with Crippen molar-refractivity contribution in [3.8, 4) is 5.75 Å². The monoisotopic (exact) mass is 465 g/mol. The summed E-state index contributed by atoms with van der Waals surface area (Å²) in [6.07, 6.45) is 2.91. The highest BCUT2D eigenvalue weighted by Gasteiger charge is 2.48. The number of carbonyl (C=O) groups is 3. The van der Waals surface area contributed by atoms with E-state index in [1.807, 2.05) is 0 Å². The van der Waals surface area contributed by atoms with Crippen LogP contribution in [-0.4, -0.2) is 44.4 Å². The standard InChI is InChI=1S/C23H19N3O6S/c1-3-32-22(31)20-12(2)25-23(33-20)26-17(13-4-6-15(27)7-5-13)16(19(29)21(26)30)18(28)14-8-10-24-11-9-14/h4-11,17,27-28H,3H2,1-2H3. The number of hydrogen-bond donors (Lipinski definition) is 2. The largest absolute Gasteiger partial charge is 0.508 e. The Morgan fingerprint density at radius 1 is 1.15 bits per heavy atom. The van der Waals surface area contributed by atoms with E-state index in [4.69, 9.17) is 4.74 Å². The molecule has 4 rings (SSSR count). The van der Waals surface area contributed by atoms with Gasteiger partial charge in [0, 0.05) is 18.0 Å². The van der Waals surface area contributed by atoms with Crippen molar-refractivity contribution in [1.29, 1.82) is 0 Å². The number of phenols is 1. The molecule has 0 spiro atoms. The first-order valence-electron chi connectivity index (χ1n) is 9.98. The third kappa shape index (κ3) is 3.96. The molecule has 1 fully saturated rings. The first-order valence-corrected chi connectivity index (χ1v) is 10.8. The van der Waals surface area contributed by atoms with E-state index in [2.05, 4.69) is 9.97 Å². The van der Waals surface area contributed by atoms with E-state index >= 15 is 0 Å². The number of aliphatic hydroxyl groups is 1. The zero-order valence-electron chi connectivity index (χ0n) is 17.7. The predicted octanol–water partition coefficient (Wildman–Crippen LogP) is 3.36. The summed E-state index contributed by atoms with van der Waals surface area (Å²) in [7, 11) is 0. The fraction of sp³-hybridized carbons (Fsp3) is 0.174. The lowest BCUT2D eigenvalue weighted by molar-refractivity contribution is -0.132. The van der Waals surface area contributed by atoms with Crippen LogP contribution in [0.3, 0.4) is 0 Å². The molecule has 1 aliphatic rings. The van der Waals surface area contributed by atoms with Gasteiger partial charge in [-0.25, -0.2) is 9.78 Å². The van der Waals surface area contributed by atoms with Gasteiger partial charge in [-0.2, -0.15) is 0 Å². The van der Waals surface area contributed by atoms with Gasteiger partial charge in [0.2, 0.25) is 0 Å². The van der Waals surface area contributed by atoms with Crippen molar-refractivity contribution < 1.29 is 29.3 Å². The molecular formula is C23H19N3O6S. The van der Waals surface area contributed by atoms with Gasteiger partial charge in [-0.1, -0.05) is 23.5 Å². The Kier molecular flexibility index (Phi) is 5.93. The van der Waals surface area contributed by atoms with Crippen molar-refractivity contribution >= 4 is 39.9 Å². The number of amides is 1. The lowest BCUT2D eigenvalue weighted by Crippen LogP contribution is -2.29. The summed E-state index contributed by atoms with van der Waals surface area (Å²) >= 11 is 0.925. The van der Waals surface area contributed by atoms with Crippen molar-refractivity contribution in [2.75, 3.05) is 11.5 Å². The average Bonchev–Trinajstić information content (AvgIpc) is 3.32. The summed E-state index contributed by atoms with van der Waals surface area (Å²) in [5.41, 5.74) is 0.999. The molecular weight excluding hydrogens is 446 g/mol. The molecule has 3 aromatic rings. The van der Waals surface area contributed by atoms with Gasteiger partial charge in [-0.3, -0.25) is 19.5 Å². The van der Waals surface area contributed by atoms with Crippen LogP contribution in [0.2, 0.25) is 0 Å². The van der Waals surface area contributed by atoms with Crippen LogP contribution in [0.15, 0.2) is 54.4 Å². The Hall–Kier alpha value is -4.05. The van der Waals surface area contributed by atoms with Gasteiger partial charge < -0.3 is 14.9 Å². The molecule has 9 nitrogen and oxygen atoms in total. The second kappa shape index (κ2) is 8.83. The van der Waals surface area contributed by atoms with Gasteiger partial charge >= 0.3 is 11.9 Å². The lowest BCUT2D eigenvalue weighted by Gasteiger charge is -2.23. The van der Waals surface area contributed by atoms with Crippen molar-refractivity contribution in [1.82, 2.24) is 9.97 Å². The van der Waals surface area contributed by atoms with Crippen LogP contribution in [0.5, 0.6) is 5.75 Å². The number of pyridine rings is 1. The Morgan fingerprint density at radius 2 is 1.82 bits per heavy atom. The average molecular weight is 465 g/mol. The number of phenolic OH excluding ortho intramolecular Hbond substituents is 1. The minimum absolute atomic E-state index is 0.000439. The fourth-order valence-electron chi connectivity index (χ4n) is 3.54. The van der Waals surface area contributed by atoms with E-state index in [9.17, 15) is 24.6 Å². The molecule has 0 aliphatic carbocycles. The molecule has 1 amide bonds. The van der Waals surface area contributed by atoms with E-state index < -0.39 is 23.7 Å². The van der Waals surface area contributed by atoms with Crippen molar-refractivity contribution in [3.05, 3.63) is 76.1 Å². The van der Waals surface area contributed by atoms with Gasteiger partial charge in [0.25, 0.3) is 5.78 Å². The highest BCUT2D eigenvalue weighted by molar-refractivity contribution is 7.17. The maximum Gasteiger partial charge on any atom is 0.350 e. The number of thiazole rings is 1. The van der Waals surface area contributed by atoms with Crippen LogP contribution in [0.4, 0.5) is 5.13 Å². The minimum atomic E-state index is -1.03. The third-order valence-corrected chi connectivity index (χ3v) is 6.20. The first kappa shape index (κ1) is 22.2. The van der Waals surface area contributed by atoms with Crippen molar-refractivity contribution in [3.63, 3.8) is 0 Å². The van der Waals surface area contributed by atoms with E-state index in [1.54, 1.807) is 26.0 Å². The maximum absolute atomic E-state index is 13.1. The molecule has 10 heteroatoms. The van der Waals surface area contributed by atoms with E-state index in [0.29, 0.717) is 16.8 Å². The van der Waals surface area contributed by atoms with E-state index in [1.165, 1.54) is 36.7 Å². The molecule has 168 valence electrons. The van der Waals surface area contributed by atoms with Crippen LogP contribution in [0.25, 0.3) is 5.76 Å². The van der Waals surface area contributed by atoms with Gasteiger partial charge in [-0.05, 0) is 43.7 Å². The summed E-state index contributed by atoms with van der Waals surface area (Å²) in [5.74, 6) is -2.73. The molecule has 1 unspecified atom stereocenters. The second-order valence-electron chi connectivity index (χ2n) is 7.13. The first-order chi connectivity index (χ1) is 15.8. The summed E-state index contributed by atoms with van der Waals surface area (Å²) in [6.45, 7) is 3.46. The molecule has 0 saturated carbocycles. The number of nitrogens with zero attached hydrogens (tertiary/aromatic N) is 3. The second-order valence-corrected chi connectivity index (χ2v) is 8.11. The number of aromatic hydroxyl groups is 1. The van der Waals surface area contributed by atoms with Crippen LogP contribution in [0, 0.1) is 6.92 Å². The van der Waals surface area contributed by atoms with Crippen LogP contribution in [-0.2, 0) is 14.3 Å². The number of Topliss-reactive ketones (excluding diaryl/α,β-unsaturated/α-hetero) is 1. The SMILES string of the molecule is CCOC(=O)c1sc(N2C(=O)C(=O)C(=C(O)c3ccncc3)C2c2ccc(O)cc2)nc1C. The quantitative estimate of drug-likeness (QED) is 0.254. The number of benzene rings is 1. The number of aryl methyl sites for hydroxylation is 1. The molecule has 1 aliphatic heterocycles. The molecule has 1 saturated heterocycles. The normalized spacial score (nSPS) is 17.4. The van der Waals surface area contributed by atoms with Gasteiger partial charge in [0.1, 0.15) is 16.4 Å². The number of ketones is 1. The van der Waals surface area contributed by atoms with Gasteiger partial charge in [0.15, 0.2) is 5.13 Å². The Morgan fingerprint density at radius 3 is 2.45 bits per heavy atom. The molecule has 33 heavy (non-hydrogen) atoms. The fourth-order valence-corrected chi connectivity index (χ4v) is 4.53. The number of hydrogen-bond acceptors (Lipinski definition) is 9. The van der Waals surface area contributed by atoms with Gasteiger partial charge in [-0.15, -0.1) is 0 Å². The third-order valence-electron chi connectivity index (χ3n) is 5.06. The molecule has 1 atom stereocenters. The molecule has 2 aromatic heterocycles. The number of aromatic nitrogens is 2. The van der Waals surface area contributed by atoms with E-state index in [0.717, 1.165) is 16.2 Å². The number of ether oxygens (including phenoxy) is 1. The van der Waals surface area contributed by atoms with Crippen LogP contribution >= 0.6 is 11.3 Å². The maximum atomic E-state index is 13.1. The highest BCUT2D eigenvalue weighted by atomic mass is 32.1. The highest BCUT2D eigenvalue weighted by Crippen LogP contribution is 2.44. The predicted molar refractivity (Wildman–Crippen MR) is 120 cm³/mol. The Bertz CT molecular complexity index is 1270. The number of aliphatic hydroxyl groups excluding tert-OH is 1. The minimum Gasteiger partial charge on any atom is -0.508 e. The molecule has 0 radical (unpaired) electrons. The van der Waals surface area contributed by atoms with Crippen LogP contribution < -0.4 is 4.90 Å². The van der Waals surface area contributed by atoms with Crippen molar-refractivity contribution in [2.45, 2.75) is 19.9 Å². The Labute approximate surface area is 192 Å². The zero-order chi connectivity index (χ0) is 23.7. The number of esters is 1.